The molecule has 3 unspecified atom stereocenters. The van der Waals surface area contributed by atoms with Crippen molar-refractivity contribution in [2.24, 2.45) is 0 Å². The Bertz CT molecular complexity index is 590. The number of hydrogen-bond acceptors (Lipinski definition) is 6. The molecule has 1 aliphatic rings. The molecule has 1 fully saturated rings. The third kappa shape index (κ3) is 2.73. The van der Waals surface area contributed by atoms with Gasteiger partial charge in [0, 0.05) is 16.8 Å². The van der Waals surface area contributed by atoms with Crippen LogP contribution in [0.2, 0.25) is 5.02 Å². The average Bonchev–Trinajstić information content (AvgIpc) is 2.92. The van der Waals surface area contributed by atoms with Crippen molar-refractivity contribution in [2.75, 3.05) is 12.4 Å². The molecule has 0 spiro atoms. The molecule has 3 rings (SSSR count). The quantitative estimate of drug-likeness (QED) is 0.840. The fourth-order valence-electron chi connectivity index (χ4n) is 1.91. The van der Waals surface area contributed by atoms with Crippen molar-refractivity contribution in [3.05, 3.63) is 23.2 Å². The predicted octanol–water partition coefficient (Wildman–Crippen LogP) is 1.69. The molecule has 0 saturated carbocycles. The summed E-state index contributed by atoms with van der Waals surface area (Å²) in [6.45, 7) is 0.162. The third-order valence-corrected chi connectivity index (χ3v) is 4.11. The van der Waals surface area contributed by atoms with Crippen molar-refractivity contribution in [3.63, 3.8) is 0 Å². The van der Waals surface area contributed by atoms with Crippen molar-refractivity contribution in [3.8, 4) is 0 Å². The van der Waals surface area contributed by atoms with Crippen molar-refractivity contribution >= 4 is 34.5 Å². The first-order chi connectivity index (χ1) is 9.13. The lowest BCUT2D eigenvalue weighted by atomic mass is 10.2. The standard InChI is InChI=1S/C12H12ClNO4S/c13-6-1-2-7-9(3-6)18-12(14-7)19-5-10-11(16)8(15)4-17-10/h1-3,8,10-11,15-16H,4-5H2. The second-order valence-electron chi connectivity index (χ2n) is 4.33. The summed E-state index contributed by atoms with van der Waals surface area (Å²) in [7, 11) is 0. The highest BCUT2D eigenvalue weighted by molar-refractivity contribution is 7.99. The molecule has 1 aromatic carbocycles. The lowest BCUT2D eigenvalue weighted by Gasteiger charge is -2.12. The molecular formula is C12H12ClNO4S. The van der Waals surface area contributed by atoms with Gasteiger partial charge in [0.15, 0.2) is 5.58 Å². The predicted molar refractivity (Wildman–Crippen MR) is 71.5 cm³/mol. The van der Waals surface area contributed by atoms with Crippen LogP contribution in [0.3, 0.4) is 0 Å². The minimum Gasteiger partial charge on any atom is -0.431 e. The molecule has 102 valence electrons. The van der Waals surface area contributed by atoms with Crippen LogP contribution < -0.4 is 0 Å². The number of halogens is 1. The van der Waals surface area contributed by atoms with Gasteiger partial charge in [-0.05, 0) is 12.1 Å². The number of ether oxygens (including phenoxy) is 1. The lowest BCUT2D eigenvalue weighted by Crippen LogP contribution is -2.31. The van der Waals surface area contributed by atoms with E-state index in [0.717, 1.165) is 5.52 Å². The van der Waals surface area contributed by atoms with E-state index >= 15 is 0 Å². The zero-order valence-electron chi connectivity index (χ0n) is 9.82. The maximum atomic E-state index is 9.65. The summed E-state index contributed by atoms with van der Waals surface area (Å²) >= 11 is 7.21. The Morgan fingerprint density at radius 1 is 1.42 bits per heavy atom. The maximum Gasteiger partial charge on any atom is 0.256 e. The van der Waals surface area contributed by atoms with Gasteiger partial charge in [0.2, 0.25) is 0 Å². The average molecular weight is 302 g/mol. The number of aliphatic hydroxyl groups excluding tert-OH is 2. The Labute approximate surface area is 118 Å². The zero-order valence-corrected chi connectivity index (χ0v) is 11.4. The number of aliphatic hydroxyl groups is 2. The van der Waals surface area contributed by atoms with E-state index in [1.165, 1.54) is 11.8 Å². The summed E-state index contributed by atoms with van der Waals surface area (Å²) in [6, 6.07) is 5.25. The number of aromatic nitrogens is 1. The van der Waals surface area contributed by atoms with Gasteiger partial charge in [-0.15, -0.1) is 0 Å². The van der Waals surface area contributed by atoms with Crippen LogP contribution in [-0.2, 0) is 4.74 Å². The largest absolute Gasteiger partial charge is 0.431 e. The van der Waals surface area contributed by atoms with Crippen LogP contribution in [0.1, 0.15) is 0 Å². The highest BCUT2D eigenvalue weighted by Gasteiger charge is 2.34. The van der Waals surface area contributed by atoms with Crippen molar-refractivity contribution in [2.45, 2.75) is 23.5 Å². The number of nitrogens with zero attached hydrogens (tertiary/aromatic N) is 1. The number of oxazole rings is 1. The summed E-state index contributed by atoms with van der Waals surface area (Å²) in [5, 5.41) is 20.1. The first kappa shape index (κ1) is 13.2. The molecular weight excluding hydrogens is 290 g/mol. The minimum absolute atomic E-state index is 0.162. The molecule has 0 aliphatic carbocycles. The van der Waals surface area contributed by atoms with Gasteiger partial charge >= 0.3 is 0 Å². The van der Waals surface area contributed by atoms with E-state index in [4.69, 9.17) is 20.8 Å². The number of thioether (sulfide) groups is 1. The van der Waals surface area contributed by atoms with E-state index in [1.807, 2.05) is 0 Å². The van der Waals surface area contributed by atoms with Gasteiger partial charge in [-0.3, -0.25) is 0 Å². The molecule has 0 radical (unpaired) electrons. The van der Waals surface area contributed by atoms with Gasteiger partial charge < -0.3 is 19.4 Å². The van der Waals surface area contributed by atoms with Gasteiger partial charge in [0.05, 0.1) is 12.7 Å². The number of fused-ring (bicyclic) bond motifs is 1. The second kappa shape index (κ2) is 5.30. The molecule has 2 N–H and O–H groups in total. The molecule has 1 saturated heterocycles. The fourth-order valence-corrected chi connectivity index (χ4v) is 2.98. The van der Waals surface area contributed by atoms with Crippen LogP contribution in [0.25, 0.3) is 11.1 Å². The first-order valence-electron chi connectivity index (χ1n) is 5.80. The summed E-state index contributed by atoms with van der Waals surface area (Å²) < 4.78 is 10.8. The van der Waals surface area contributed by atoms with Gasteiger partial charge in [-0.25, -0.2) is 4.98 Å². The Hall–Kier alpha value is -0.790. The fraction of sp³-hybridized carbons (Fsp3) is 0.417. The summed E-state index contributed by atoms with van der Waals surface area (Å²) in [6.07, 6.45) is -2.07. The normalized spacial score (nSPS) is 27.2. The monoisotopic (exact) mass is 301 g/mol. The van der Waals surface area contributed by atoms with Crippen LogP contribution in [-0.4, -0.2) is 45.9 Å². The van der Waals surface area contributed by atoms with Gasteiger partial charge in [-0.2, -0.15) is 0 Å². The molecule has 2 aromatic rings. The highest BCUT2D eigenvalue weighted by atomic mass is 35.5. The van der Waals surface area contributed by atoms with Crippen LogP contribution in [0.5, 0.6) is 0 Å². The molecule has 1 aliphatic heterocycles. The topological polar surface area (TPSA) is 75.7 Å². The van der Waals surface area contributed by atoms with E-state index in [-0.39, 0.29) is 6.61 Å². The smallest absolute Gasteiger partial charge is 0.256 e. The van der Waals surface area contributed by atoms with Crippen LogP contribution >= 0.6 is 23.4 Å². The summed E-state index contributed by atoms with van der Waals surface area (Å²) in [5.74, 6) is 0.471. The van der Waals surface area contributed by atoms with Crippen LogP contribution in [0, 0.1) is 0 Å². The van der Waals surface area contributed by atoms with E-state index in [0.29, 0.717) is 21.6 Å². The molecule has 5 nitrogen and oxygen atoms in total. The zero-order chi connectivity index (χ0) is 13.4. The Balaban J connectivity index is 1.68. The SMILES string of the molecule is OC1COC(CSc2nc3ccc(Cl)cc3o2)C1O. The molecule has 1 aromatic heterocycles. The number of hydrogen-bond donors (Lipinski definition) is 2. The highest BCUT2D eigenvalue weighted by Crippen LogP contribution is 2.28. The Morgan fingerprint density at radius 2 is 2.26 bits per heavy atom. The van der Waals surface area contributed by atoms with Crippen LogP contribution in [0.4, 0.5) is 0 Å². The molecule has 2 heterocycles. The van der Waals surface area contributed by atoms with E-state index < -0.39 is 18.3 Å². The Morgan fingerprint density at radius 3 is 3.00 bits per heavy atom. The van der Waals surface area contributed by atoms with Crippen LogP contribution in [0.15, 0.2) is 27.8 Å². The first-order valence-corrected chi connectivity index (χ1v) is 7.16. The summed E-state index contributed by atoms with van der Waals surface area (Å²) in [5.41, 5.74) is 1.36. The van der Waals surface area contributed by atoms with Gasteiger partial charge in [0.25, 0.3) is 5.22 Å². The number of rotatable bonds is 3. The van der Waals surface area contributed by atoms with Crippen molar-refractivity contribution < 1.29 is 19.4 Å². The molecule has 7 heteroatoms. The van der Waals surface area contributed by atoms with Crippen molar-refractivity contribution in [1.82, 2.24) is 4.98 Å². The van der Waals surface area contributed by atoms with E-state index in [9.17, 15) is 10.2 Å². The lowest BCUT2D eigenvalue weighted by molar-refractivity contribution is 0.0336. The molecule has 3 atom stereocenters. The summed E-state index contributed by atoms with van der Waals surface area (Å²) in [4.78, 5) is 4.30. The van der Waals surface area contributed by atoms with E-state index in [1.54, 1.807) is 18.2 Å². The Kier molecular flexibility index (Phi) is 3.68. The van der Waals surface area contributed by atoms with Gasteiger partial charge in [0.1, 0.15) is 17.7 Å². The van der Waals surface area contributed by atoms with Crippen molar-refractivity contribution in [1.29, 1.82) is 0 Å². The van der Waals surface area contributed by atoms with E-state index in [2.05, 4.69) is 4.98 Å². The third-order valence-electron chi connectivity index (χ3n) is 2.96. The second-order valence-corrected chi connectivity index (χ2v) is 5.74. The van der Waals surface area contributed by atoms with Gasteiger partial charge in [-0.1, -0.05) is 23.4 Å². The molecule has 19 heavy (non-hydrogen) atoms. The number of benzene rings is 1. The molecule has 0 amide bonds. The minimum atomic E-state index is -0.855. The molecule has 0 bridgehead atoms. The maximum absolute atomic E-state index is 9.65.